The Bertz CT molecular complexity index is 212. The van der Waals surface area contributed by atoms with Crippen LogP contribution in [0.15, 0.2) is 0 Å². The van der Waals surface area contributed by atoms with Gasteiger partial charge < -0.3 is 4.74 Å². The lowest BCUT2D eigenvalue weighted by atomic mass is 10.3. The maximum absolute atomic E-state index is 11.2. The Balaban J connectivity index is 4.08. The van der Waals surface area contributed by atoms with Gasteiger partial charge in [-0.1, -0.05) is 15.9 Å². The fraction of sp³-hybridized carbons (Fsp3) is 1.00. The highest BCUT2D eigenvalue weighted by Crippen LogP contribution is 1.99. The molecule has 1 N–H and O–H groups in total. The molecule has 0 aliphatic heterocycles. The smallest absolute Gasteiger partial charge is 0.211 e. The first-order chi connectivity index (χ1) is 6.05. The molecule has 0 aliphatic carbocycles. The van der Waals surface area contributed by atoms with Crippen LogP contribution in [0.2, 0.25) is 0 Å². The van der Waals surface area contributed by atoms with Gasteiger partial charge in [-0.15, -0.1) is 0 Å². The van der Waals surface area contributed by atoms with Crippen LogP contribution in [0.1, 0.15) is 13.3 Å². The van der Waals surface area contributed by atoms with Crippen molar-refractivity contribution in [3.05, 3.63) is 0 Å². The molecule has 1 atom stereocenters. The lowest BCUT2D eigenvalue weighted by Crippen LogP contribution is -2.39. The number of hydrogen-bond donors (Lipinski definition) is 1. The second kappa shape index (κ2) is 6.75. The van der Waals surface area contributed by atoms with E-state index >= 15 is 0 Å². The molecule has 0 saturated carbocycles. The van der Waals surface area contributed by atoms with Crippen LogP contribution in [0.25, 0.3) is 0 Å². The molecule has 6 heteroatoms. The number of ether oxygens (including phenoxy) is 1. The Morgan fingerprint density at radius 2 is 2.15 bits per heavy atom. The molecule has 0 aliphatic rings. The largest absolute Gasteiger partial charge is 0.383 e. The van der Waals surface area contributed by atoms with Gasteiger partial charge in [0.25, 0.3) is 0 Å². The molecule has 0 rings (SSSR count). The van der Waals surface area contributed by atoms with Gasteiger partial charge in [-0.3, -0.25) is 0 Å². The van der Waals surface area contributed by atoms with E-state index in [0.717, 1.165) is 11.8 Å². The zero-order valence-electron chi connectivity index (χ0n) is 7.92. The normalized spacial score (nSPS) is 14.4. The van der Waals surface area contributed by atoms with Gasteiger partial charge >= 0.3 is 0 Å². The highest BCUT2D eigenvalue weighted by Gasteiger charge is 2.14. The summed E-state index contributed by atoms with van der Waals surface area (Å²) in [6, 6.07) is -0.130. The summed E-state index contributed by atoms with van der Waals surface area (Å²) in [6.45, 7) is 2.02. The van der Waals surface area contributed by atoms with Crippen LogP contribution in [0.4, 0.5) is 0 Å². The van der Waals surface area contributed by atoms with Crippen LogP contribution in [0.5, 0.6) is 0 Å². The van der Waals surface area contributed by atoms with Crippen molar-refractivity contribution < 1.29 is 13.2 Å². The average Bonchev–Trinajstić information content (AvgIpc) is 2.05. The van der Waals surface area contributed by atoms with Crippen LogP contribution in [-0.2, 0) is 14.8 Å². The molecule has 0 saturated heterocycles. The number of hydrogen-bond acceptors (Lipinski definition) is 3. The number of methoxy groups -OCH3 is 1. The molecule has 0 fully saturated rings. The van der Waals surface area contributed by atoms with E-state index in [0.29, 0.717) is 6.61 Å². The second-order valence-electron chi connectivity index (χ2n) is 2.65. The van der Waals surface area contributed by atoms with E-state index in [1.54, 1.807) is 14.0 Å². The molecule has 0 heterocycles. The maximum atomic E-state index is 11.2. The summed E-state index contributed by atoms with van der Waals surface area (Å²) in [4.78, 5) is 0. The summed E-state index contributed by atoms with van der Waals surface area (Å²) < 4.78 is 29.8. The Morgan fingerprint density at radius 1 is 1.54 bits per heavy atom. The van der Waals surface area contributed by atoms with E-state index in [2.05, 4.69) is 20.7 Å². The first-order valence-corrected chi connectivity index (χ1v) is 6.88. The summed E-state index contributed by atoms with van der Waals surface area (Å²) in [5.74, 6) is 0.107. The molecular formula is C7H16BrNO3S. The SMILES string of the molecule is CCS(=O)(=O)NC(CCBr)COC. The van der Waals surface area contributed by atoms with Crippen molar-refractivity contribution in [2.45, 2.75) is 19.4 Å². The van der Waals surface area contributed by atoms with Crippen LogP contribution in [0, 0.1) is 0 Å². The number of nitrogens with one attached hydrogen (secondary N) is 1. The molecule has 4 nitrogen and oxygen atoms in total. The first kappa shape index (κ1) is 13.4. The number of rotatable bonds is 7. The molecule has 0 aromatic carbocycles. The molecule has 0 radical (unpaired) electrons. The predicted molar refractivity (Wildman–Crippen MR) is 56.7 cm³/mol. The Hall–Kier alpha value is 0.350. The number of sulfonamides is 1. The average molecular weight is 274 g/mol. The third kappa shape index (κ3) is 6.42. The van der Waals surface area contributed by atoms with E-state index in [1.807, 2.05) is 0 Å². The lowest BCUT2D eigenvalue weighted by molar-refractivity contribution is 0.173. The summed E-state index contributed by atoms with van der Waals surface area (Å²) in [6.07, 6.45) is 0.729. The van der Waals surface area contributed by atoms with Crippen molar-refractivity contribution in [3.8, 4) is 0 Å². The van der Waals surface area contributed by atoms with Crippen LogP contribution < -0.4 is 4.72 Å². The predicted octanol–water partition coefficient (Wildman–Crippen LogP) is 0.726. The highest BCUT2D eigenvalue weighted by atomic mass is 79.9. The topological polar surface area (TPSA) is 55.4 Å². The molecule has 0 amide bonds. The Kier molecular flexibility index (Phi) is 6.93. The van der Waals surface area contributed by atoms with E-state index in [1.165, 1.54) is 0 Å². The van der Waals surface area contributed by atoms with Gasteiger partial charge in [0, 0.05) is 18.5 Å². The van der Waals surface area contributed by atoms with Crippen molar-refractivity contribution in [3.63, 3.8) is 0 Å². The molecule has 0 bridgehead atoms. The second-order valence-corrected chi connectivity index (χ2v) is 5.49. The molecule has 1 unspecified atom stereocenters. The molecular weight excluding hydrogens is 258 g/mol. The summed E-state index contributed by atoms with van der Waals surface area (Å²) in [7, 11) is -1.56. The summed E-state index contributed by atoms with van der Waals surface area (Å²) >= 11 is 3.26. The number of halogens is 1. The van der Waals surface area contributed by atoms with Gasteiger partial charge in [0.1, 0.15) is 0 Å². The van der Waals surface area contributed by atoms with Crippen LogP contribution in [-0.4, -0.2) is 39.3 Å². The van der Waals surface area contributed by atoms with E-state index < -0.39 is 10.0 Å². The van der Waals surface area contributed by atoms with Gasteiger partial charge in [-0.05, 0) is 13.3 Å². The third-order valence-electron chi connectivity index (χ3n) is 1.55. The maximum Gasteiger partial charge on any atom is 0.211 e. The van der Waals surface area contributed by atoms with Gasteiger partial charge in [-0.25, -0.2) is 13.1 Å². The first-order valence-electron chi connectivity index (χ1n) is 4.10. The van der Waals surface area contributed by atoms with Gasteiger partial charge in [0.05, 0.1) is 12.4 Å². The lowest BCUT2D eigenvalue weighted by Gasteiger charge is -2.15. The molecule has 0 aromatic heterocycles. The monoisotopic (exact) mass is 273 g/mol. The minimum Gasteiger partial charge on any atom is -0.383 e. The fourth-order valence-corrected chi connectivity index (χ4v) is 2.26. The molecule has 13 heavy (non-hydrogen) atoms. The summed E-state index contributed by atoms with van der Waals surface area (Å²) in [5.41, 5.74) is 0. The number of alkyl halides is 1. The Morgan fingerprint density at radius 3 is 2.54 bits per heavy atom. The van der Waals surface area contributed by atoms with Gasteiger partial charge in [0.2, 0.25) is 10.0 Å². The van der Waals surface area contributed by atoms with Crippen molar-refractivity contribution in [2.24, 2.45) is 0 Å². The van der Waals surface area contributed by atoms with Crippen LogP contribution in [0.3, 0.4) is 0 Å². The van der Waals surface area contributed by atoms with Crippen molar-refractivity contribution in [2.75, 3.05) is 24.8 Å². The fourth-order valence-electron chi connectivity index (χ4n) is 0.846. The van der Waals surface area contributed by atoms with Gasteiger partial charge in [0.15, 0.2) is 0 Å². The van der Waals surface area contributed by atoms with Crippen molar-refractivity contribution in [1.29, 1.82) is 0 Å². The quantitative estimate of drug-likeness (QED) is 0.696. The van der Waals surface area contributed by atoms with E-state index in [9.17, 15) is 8.42 Å². The highest BCUT2D eigenvalue weighted by molar-refractivity contribution is 9.09. The van der Waals surface area contributed by atoms with Crippen molar-refractivity contribution >= 4 is 26.0 Å². The Labute approximate surface area is 88.2 Å². The summed E-state index contributed by atoms with van der Waals surface area (Å²) in [5, 5.41) is 0.757. The van der Waals surface area contributed by atoms with Gasteiger partial charge in [-0.2, -0.15) is 0 Å². The standard InChI is InChI=1S/C7H16BrNO3S/c1-3-13(10,11)9-7(4-5-8)6-12-2/h7,9H,3-6H2,1-2H3. The van der Waals surface area contributed by atoms with Crippen molar-refractivity contribution in [1.82, 2.24) is 4.72 Å². The van der Waals surface area contributed by atoms with Crippen LogP contribution >= 0.6 is 15.9 Å². The minimum absolute atomic E-state index is 0.107. The zero-order chi connectivity index (χ0) is 10.3. The molecule has 0 aromatic rings. The minimum atomic E-state index is -3.11. The zero-order valence-corrected chi connectivity index (χ0v) is 10.3. The molecule has 0 spiro atoms. The molecule has 80 valence electrons. The third-order valence-corrected chi connectivity index (χ3v) is 3.46. The van der Waals surface area contributed by atoms with E-state index in [4.69, 9.17) is 4.74 Å². The van der Waals surface area contributed by atoms with E-state index in [-0.39, 0.29) is 11.8 Å².